The second-order valence-corrected chi connectivity index (χ2v) is 4.68. The lowest BCUT2D eigenvalue weighted by molar-refractivity contribution is -0.384. The van der Waals surface area contributed by atoms with Crippen LogP contribution < -0.4 is 4.90 Å². The number of methoxy groups -OCH3 is 1. The second-order valence-electron chi connectivity index (χ2n) is 4.68. The topological polar surface area (TPSA) is 55.6 Å². The number of nitro groups is 1. The van der Waals surface area contributed by atoms with E-state index in [2.05, 4.69) is 4.90 Å². The zero-order valence-electron chi connectivity index (χ0n) is 10.5. The summed E-state index contributed by atoms with van der Waals surface area (Å²) in [7, 11) is 1.73. The number of hydrogen-bond donors (Lipinski definition) is 0. The van der Waals surface area contributed by atoms with E-state index in [0.29, 0.717) is 5.92 Å². The first-order chi connectivity index (χ1) is 8.70. The van der Waals surface area contributed by atoms with Crippen LogP contribution in [-0.2, 0) is 4.74 Å². The van der Waals surface area contributed by atoms with Crippen molar-refractivity contribution in [1.82, 2.24) is 0 Å². The first-order valence-electron chi connectivity index (χ1n) is 6.19. The molecule has 0 spiro atoms. The lowest BCUT2D eigenvalue weighted by Gasteiger charge is -2.34. The highest BCUT2D eigenvalue weighted by molar-refractivity contribution is 5.51. The molecule has 1 aliphatic heterocycles. The number of anilines is 1. The fourth-order valence-corrected chi connectivity index (χ4v) is 2.46. The van der Waals surface area contributed by atoms with Crippen LogP contribution in [0.4, 0.5) is 11.4 Å². The van der Waals surface area contributed by atoms with Crippen molar-refractivity contribution in [3.8, 4) is 0 Å². The predicted octanol–water partition coefficient (Wildman–Crippen LogP) is 2.46. The summed E-state index contributed by atoms with van der Waals surface area (Å²) in [5, 5.41) is 10.6. The summed E-state index contributed by atoms with van der Waals surface area (Å²) in [6, 6.07) is 6.78. The summed E-state index contributed by atoms with van der Waals surface area (Å²) in [6.07, 6.45) is 2.34. The van der Waals surface area contributed by atoms with Gasteiger partial charge in [-0.1, -0.05) is 0 Å². The lowest BCUT2D eigenvalue weighted by Crippen LogP contribution is -2.37. The Balaban J connectivity index is 2.04. The highest BCUT2D eigenvalue weighted by Gasteiger charge is 2.20. The van der Waals surface area contributed by atoms with E-state index in [1.165, 1.54) is 6.42 Å². The minimum Gasteiger partial charge on any atom is -0.384 e. The van der Waals surface area contributed by atoms with E-state index in [9.17, 15) is 10.1 Å². The van der Waals surface area contributed by atoms with Gasteiger partial charge >= 0.3 is 0 Å². The molecule has 0 radical (unpaired) electrons. The van der Waals surface area contributed by atoms with Gasteiger partial charge in [0, 0.05) is 38.0 Å². The third kappa shape index (κ3) is 2.98. The van der Waals surface area contributed by atoms with Gasteiger partial charge in [-0.15, -0.1) is 0 Å². The molecule has 1 heterocycles. The van der Waals surface area contributed by atoms with Crippen LogP contribution in [0.15, 0.2) is 24.3 Å². The largest absolute Gasteiger partial charge is 0.384 e. The number of non-ortho nitro benzene ring substituents is 1. The quantitative estimate of drug-likeness (QED) is 0.608. The SMILES string of the molecule is COCC1CCCN(c2ccc([N+](=O)[O-])cc2)C1. The number of ether oxygens (including phenoxy) is 1. The van der Waals surface area contributed by atoms with E-state index in [0.717, 1.165) is 31.8 Å². The van der Waals surface area contributed by atoms with Gasteiger partial charge in [0.2, 0.25) is 0 Å². The van der Waals surface area contributed by atoms with Gasteiger partial charge in [-0.3, -0.25) is 10.1 Å². The van der Waals surface area contributed by atoms with Crippen molar-refractivity contribution < 1.29 is 9.66 Å². The number of benzene rings is 1. The molecule has 0 aromatic heterocycles. The number of nitrogens with zero attached hydrogens (tertiary/aromatic N) is 2. The van der Waals surface area contributed by atoms with Crippen molar-refractivity contribution in [3.05, 3.63) is 34.4 Å². The van der Waals surface area contributed by atoms with Crippen molar-refractivity contribution >= 4 is 11.4 Å². The fourth-order valence-electron chi connectivity index (χ4n) is 2.46. The van der Waals surface area contributed by atoms with Crippen molar-refractivity contribution in [3.63, 3.8) is 0 Å². The monoisotopic (exact) mass is 250 g/mol. The van der Waals surface area contributed by atoms with Gasteiger partial charge in [0.25, 0.3) is 5.69 Å². The van der Waals surface area contributed by atoms with Gasteiger partial charge < -0.3 is 9.64 Å². The van der Waals surface area contributed by atoms with Crippen LogP contribution in [0, 0.1) is 16.0 Å². The zero-order chi connectivity index (χ0) is 13.0. The Morgan fingerprint density at radius 1 is 1.44 bits per heavy atom. The average Bonchev–Trinajstić information content (AvgIpc) is 2.39. The minimum absolute atomic E-state index is 0.143. The van der Waals surface area contributed by atoms with Crippen molar-refractivity contribution in [2.45, 2.75) is 12.8 Å². The summed E-state index contributed by atoms with van der Waals surface area (Å²) in [4.78, 5) is 12.5. The summed E-state index contributed by atoms with van der Waals surface area (Å²) in [5.74, 6) is 0.555. The van der Waals surface area contributed by atoms with E-state index in [-0.39, 0.29) is 10.6 Å². The smallest absolute Gasteiger partial charge is 0.269 e. The van der Waals surface area contributed by atoms with Crippen molar-refractivity contribution in [2.75, 3.05) is 31.7 Å². The highest BCUT2D eigenvalue weighted by Crippen LogP contribution is 2.25. The Hall–Kier alpha value is -1.62. The molecule has 5 nitrogen and oxygen atoms in total. The van der Waals surface area contributed by atoms with Gasteiger partial charge in [0.15, 0.2) is 0 Å². The molecule has 5 heteroatoms. The molecule has 0 N–H and O–H groups in total. The molecule has 0 aliphatic carbocycles. The standard InChI is InChI=1S/C13H18N2O3/c1-18-10-11-3-2-8-14(9-11)12-4-6-13(7-5-12)15(16)17/h4-7,11H,2-3,8-10H2,1H3. The molecule has 1 aromatic carbocycles. The molecule has 0 saturated carbocycles. The van der Waals surface area contributed by atoms with E-state index >= 15 is 0 Å². The zero-order valence-corrected chi connectivity index (χ0v) is 10.5. The van der Waals surface area contributed by atoms with E-state index in [1.807, 2.05) is 12.1 Å². The Morgan fingerprint density at radius 2 is 2.17 bits per heavy atom. The summed E-state index contributed by atoms with van der Waals surface area (Å²) >= 11 is 0. The van der Waals surface area contributed by atoms with Gasteiger partial charge in [0.1, 0.15) is 0 Å². The molecule has 1 saturated heterocycles. The Kier molecular flexibility index (Phi) is 4.15. The Bertz CT molecular complexity index is 403. The maximum absolute atomic E-state index is 10.6. The van der Waals surface area contributed by atoms with Crippen molar-refractivity contribution in [1.29, 1.82) is 0 Å². The lowest BCUT2D eigenvalue weighted by atomic mass is 9.98. The van der Waals surface area contributed by atoms with Crippen LogP contribution in [0.5, 0.6) is 0 Å². The summed E-state index contributed by atoms with van der Waals surface area (Å²) in [6.45, 7) is 2.76. The molecule has 1 aliphatic rings. The molecule has 1 fully saturated rings. The molecule has 1 aromatic rings. The molecular weight excluding hydrogens is 232 g/mol. The third-order valence-electron chi connectivity index (χ3n) is 3.35. The molecule has 98 valence electrons. The predicted molar refractivity (Wildman–Crippen MR) is 69.9 cm³/mol. The van der Waals surface area contributed by atoms with E-state index in [1.54, 1.807) is 19.2 Å². The summed E-state index contributed by atoms with van der Waals surface area (Å²) < 4.78 is 5.20. The Morgan fingerprint density at radius 3 is 2.78 bits per heavy atom. The molecule has 0 amide bonds. The summed E-state index contributed by atoms with van der Waals surface area (Å²) in [5.41, 5.74) is 1.20. The highest BCUT2D eigenvalue weighted by atomic mass is 16.6. The molecular formula is C13H18N2O3. The Labute approximate surface area is 107 Å². The number of hydrogen-bond acceptors (Lipinski definition) is 4. The fraction of sp³-hybridized carbons (Fsp3) is 0.538. The molecule has 1 unspecified atom stereocenters. The van der Waals surface area contributed by atoms with Gasteiger partial charge in [-0.2, -0.15) is 0 Å². The molecule has 1 atom stereocenters. The number of nitro benzene ring substituents is 1. The minimum atomic E-state index is -0.367. The third-order valence-corrected chi connectivity index (χ3v) is 3.35. The van der Waals surface area contributed by atoms with Crippen LogP contribution in [-0.4, -0.2) is 31.7 Å². The second kappa shape index (κ2) is 5.82. The average molecular weight is 250 g/mol. The van der Waals surface area contributed by atoms with Crippen LogP contribution in [0.2, 0.25) is 0 Å². The van der Waals surface area contributed by atoms with E-state index < -0.39 is 0 Å². The van der Waals surface area contributed by atoms with Crippen LogP contribution >= 0.6 is 0 Å². The van der Waals surface area contributed by atoms with Gasteiger partial charge in [-0.25, -0.2) is 0 Å². The normalized spacial score (nSPS) is 19.8. The number of rotatable bonds is 4. The first kappa shape index (κ1) is 12.8. The van der Waals surface area contributed by atoms with Gasteiger partial charge in [0.05, 0.1) is 11.5 Å². The van der Waals surface area contributed by atoms with Crippen LogP contribution in [0.1, 0.15) is 12.8 Å². The molecule has 2 rings (SSSR count). The van der Waals surface area contributed by atoms with Crippen LogP contribution in [0.25, 0.3) is 0 Å². The molecule has 18 heavy (non-hydrogen) atoms. The number of piperidine rings is 1. The van der Waals surface area contributed by atoms with E-state index in [4.69, 9.17) is 4.74 Å². The molecule has 0 bridgehead atoms. The van der Waals surface area contributed by atoms with Gasteiger partial charge in [-0.05, 0) is 30.9 Å². The first-order valence-corrected chi connectivity index (χ1v) is 6.19. The van der Waals surface area contributed by atoms with Crippen molar-refractivity contribution in [2.24, 2.45) is 5.92 Å². The van der Waals surface area contributed by atoms with Crippen LogP contribution in [0.3, 0.4) is 0 Å². The maximum atomic E-state index is 10.6. The maximum Gasteiger partial charge on any atom is 0.269 e.